The monoisotopic (exact) mass is 180 g/mol. The second kappa shape index (κ2) is 2.91. The lowest BCUT2D eigenvalue weighted by molar-refractivity contribution is -0.486. The van der Waals surface area contributed by atoms with Gasteiger partial charge in [0.05, 0.1) is 12.7 Å². The molecule has 0 bridgehead atoms. The molecule has 0 aromatic rings. The van der Waals surface area contributed by atoms with Gasteiger partial charge in [0, 0.05) is 6.42 Å². The third-order valence-electron chi connectivity index (χ3n) is 1.87. The second-order valence-corrected chi connectivity index (χ2v) is 2.89. The number of aliphatic hydroxyl groups is 5. The van der Waals surface area contributed by atoms with Gasteiger partial charge in [0.25, 0.3) is 0 Å². The minimum absolute atomic E-state index is 0.159. The summed E-state index contributed by atoms with van der Waals surface area (Å²) in [4.78, 5) is 0. The van der Waals surface area contributed by atoms with Gasteiger partial charge in [0.2, 0.25) is 5.79 Å². The lowest BCUT2D eigenvalue weighted by Crippen LogP contribution is -2.61. The highest BCUT2D eigenvalue weighted by Crippen LogP contribution is 2.31. The summed E-state index contributed by atoms with van der Waals surface area (Å²) in [6, 6.07) is 0. The predicted molar refractivity (Wildman–Crippen MR) is 35.5 cm³/mol. The van der Waals surface area contributed by atoms with Crippen molar-refractivity contribution in [2.75, 3.05) is 6.61 Å². The number of aliphatic hydroxyl groups excluding tert-OH is 1. The van der Waals surface area contributed by atoms with Gasteiger partial charge in [-0.1, -0.05) is 0 Å². The molecule has 1 atom stereocenters. The summed E-state index contributed by atoms with van der Waals surface area (Å²) in [5.74, 6) is -5.67. The molecule has 1 aliphatic rings. The fourth-order valence-corrected chi connectivity index (χ4v) is 1.04. The summed E-state index contributed by atoms with van der Waals surface area (Å²) < 4.78 is 4.40. The van der Waals surface area contributed by atoms with E-state index in [1.165, 1.54) is 0 Å². The topological polar surface area (TPSA) is 110 Å². The zero-order valence-corrected chi connectivity index (χ0v) is 6.34. The number of rotatable bonds is 1. The Morgan fingerprint density at radius 3 is 2.25 bits per heavy atom. The van der Waals surface area contributed by atoms with E-state index < -0.39 is 17.9 Å². The molecule has 0 spiro atoms. The van der Waals surface area contributed by atoms with Gasteiger partial charge < -0.3 is 30.3 Å². The summed E-state index contributed by atoms with van der Waals surface area (Å²) in [6.45, 7) is -0.390. The molecular formula is C6H12O6. The summed E-state index contributed by atoms with van der Waals surface area (Å²) in [5.41, 5.74) is 0. The molecule has 1 unspecified atom stereocenters. The van der Waals surface area contributed by atoms with Gasteiger partial charge in [-0.05, 0) is 6.42 Å². The van der Waals surface area contributed by atoms with E-state index in [9.17, 15) is 0 Å². The van der Waals surface area contributed by atoms with E-state index in [-0.39, 0.29) is 19.4 Å². The standard InChI is InChI=1S/C6H12O6/c7-3-4-1-2-5(8,9)6(10,11)12-4/h4,7-11H,1-3H2. The van der Waals surface area contributed by atoms with Crippen LogP contribution in [0.2, 0.25) is 0 Å². The molecule has 0 aromatic carbocycles. The zero-order valence-electron chi connectivity index (χ0n) is 6.34. The fraction of sp³-hybridized carbons (Fsp3) is 1.00. The van der Waals surface area contributed by atoms with Crippen molar-refractivity contribution in [2.24, 2.45) is 0 Å². The van der Waals surface area contributed by atoms with Gasteiger partial charge >= 0.3 is 5.97 Å². The lowest BCUT2D eigenvalue weighted by atomic mass is 10.0. The molecule has 0 amide bonds. The summed E-state index contributed by atoms with van der Waals surface area (Å²) >= 11 is 0. The van der Waals surface area contributed by atoms with Gasteiger partial charge in [-0.15, -0.1) is 0 Å². The first-order valence-corrected chi connectivity index (χ1v) is 3.57. The maximum Gasteiger partial charge on any atom is 0.335 e. The minimum Gasteiger partial charge on any atom is -0.394 e. The molecule has 6 heteroatoms. The fourth-order valence-electron chi connectivity index (χ4n) is 1.04. The van der Waals surface area contributed by atoms with E-state index in [1.54, 1.807) is 0 Å². The molecule has 6 nitrogen and oxygen atoms in total. The smallest absolute Gasteiger partial charge is 0.335 e. The van der Waals surface area contributed by atoms with Crippen molar-refractivity contribution in [1.82, 2.24) is 0 Å². The summed E-state index contributed by atoms with van der Waals surface area (Å²) in [5, 5.41) is 44.4. The molecule has 0 aliphatic carbocycles. The largest absolute Gasteiger partial charge is 0.394 e. The highest BCUT2D eigenvalue weighted by molar-refractivity contribution is 4.82. The lowest BCUT2D eigenvalue weighted by Gasteiger charge is -2.41. The van der Waals surface area contributed by atoms with Crippen LogP contribution in [0.15, 0.2) is 0 Å². The van der Waals surface area contributed by atoms with Crippen LogP contribution in [0.1, 0.15) is 12.8 Å². The van der Waals surface area contributed by atoms with Gasteiger partial charge in [0.15, 0.2) is 0 Å². The van der Waals surface area contributed by atoms with E-state index in [4.69, 9.17) is 25.5 Å². The molecule has 1 aliphatic heterocycles. The van der Waals surface area contributed by atoms with E-state index >= 15 is 0 Å². The van der Waals surface area contributed by atoms with E-state index in [2.05, 4.69) is 4.74 Å². The molecule has 5 N–H and O–H groups in total. The Morgan fingerprint density at radius 1 is 1.25 bits per heavy atom. The highest BCUT2D eigenvalue weighted by atomic mass is 16.8. The molecule has 1 heterocycles. The Morgan fingerprint density at radius 2 is 1.83 bits per heavy atom. The van der Waals surface area contributed by atoms with Crippen molar-refractivity contribution in [2.45, 2.75) is 30.7 Å². The maximum atomic E-state index is 8.96. The van der Waals surface area contributed by atoms with Crippen LogP contribution in [-0.2, 0) is 4.74 Å². The Bertz CT molecular complexity index is 165. The number of hydrogen-bond donors (Lipinski definition) is 5. The van der Waals surface area contributed by atoms with Crippen LogP contribution < -0.4 is 0 Å². The minimum atomic E-state index is -3.00. The molecule has 12 heavy (non-hydrogen) atoms. The summed E-state index contributed by atoms with van der Waals surface area (Å²) in [7, 11) is 0. The van der Waals surface area contributed by atoms with Crippen LogP contribution >= 0.6 is 0 Å². The maximum absolute atomic E-state index is 8.96. The summed E-state index contributed by atoms with van der Waals surface area (Å²) in [6.07, 6.45) is -0.871. The Balaban J connectivity index is 2.68. The Labute approximate surface area is 68.6 Å². The van der Waals surface area contributed by atoms with E-state index in [0.717, 1.165) is 0 Å². The Hall–Kier alpha value is -0.240. The molecular weight excluding hydrogens is 168 g/mol. The molecule has 1 saturated heterocycles. The third kappa shape index (κ3) is 1.58. The Kier molecular flexibility index (Phi) is 2.39. The van der Waals surface area contributed by atoms with Crippen LogP contribution in [0.3, 0.4) is 0 Å². The van der Waals surface area contributed by atoms with E-state index in [1.807, 2.05) is 0 Å². The first-order chi connectivity index (χ1) is 5.39. The molecule has 72 valence electrons. The van der Waals surface area contributed by atoms with Crippen molar-refractivity contribution >= 4 is 0 Å². The molecule has 0 aromatic heterocycles. The molecule has 0 saturated carbocycles. The first kappa shape index (κ1) is 9.85. The first-order valence-electron chi connectivity index (χ1n) is 3.57. The van der Waals surface area contributed by atoms with Gasteiger partial charge in [0.1, 0.15) is 0 Å². The molecule has 1 rings (SSSR count). The van der Waals surface area contributed by atoms with Crippen LogP contribution in [0.25, 0.3) is 0 Å². The highest BCUT2D eigenvalue weighted by Gasteiger charge is 2.53. The van der Waals surface area contributed by atoms with Crippen molar-refractivity contribution in [3.8, 4) is 0 Å². The van der Waals surface area contributed by atoms with Crippen molar-refractivity contribution in [1.29, 1.82) is 0 Å². The molecule has 0 radical (unpaired) electrons. The van der Waals surface area contributed by atoms with Crippen molar-refractivity contribution < 1.29 is 30.3 Å². The SMILES string of the molecule is OCC1CCC(O)(O)C(O)(O)O1. The van der Waals surface area contributed by atoms with E-state index in [0.29, 0.717) is 0 Å². The quantitative estimate of drug-likeness (QED) is 0.285. The van der Waals surface area contributed by atoms with Gasteiger partial charge in [-0.25, -0.2) is 0 Å². The van der Waals surface area contributed by atoms with Crippen LogP contribution in [0.4, 0.5) is 0 Å². The van der Waals surface area contributed by atoms with Crippen LogP contribution in [0.5, 0.6) is 0 Å². The third-order valence-corrected chi connectivity index (χ3v) is 1.87. The van der Waals surface area contributed by atoms with Gasteiger partial charge in [-0.3, -0.25) is 0 Å². The predicted octanol–water partition coefficient (Wildman–Crippen LogP) is -2.52. The van der Waals surface area contributed by atoms with Crippen molar-refractivity contribution in [3.05, 3.63) is 0 Å². The average molecular weight is 180 g/mol. The number of ether oxygens (including phenoxy) is 1. The average Bonchev–Trinajstić information content (AvgIpc) is 1.95. The van der Waals surface area contributed by atoms with Crippen molar-refractivity contribution in [3.63, 3.8) is 0 Å². The number of hydrogen-bond acceptors (Lipinski definition) is 6. The normalized spacial score (nSPS) is 33.2. The van der Waals surface area contributed by atoms with Gasteiger partial charge in [-0.2, -0.15) is 0 Å². The van der Waals surface area contributed by atoms with Crippen LogP contribution in [-0.4, -0.2) is 50.0 Å². The zero-order chi connectivity index (χ0) is 9.41. The second-order valence-electron chi connectivity index (χ2n) is 2.89. The molecule has 1 fully saturated rings. The van der Waals surface area contributed by atoms with Crippen LogP contribution in [0, 0.1) is 0 Å².